The maximum Gasteiger partial charge on any atom is 0.316 e. The first-order valence-electron chi connectivity index (χ1n) is 6.15. The topological polar surface area (TPSA) is 104 Å². The lowest BCUT2D eigenvalue weighted by Gasteiger charge is -2.40. The zero-order valence-corrected chi connectivity index (χ0v) is 10.5. The van der Waals surface area contributed by atoms with Crippen LogP contribution < -0.4 is 16.4 Å². The number of aliphatic hydroxyl groups is 1. The molecule has 1 aliphatic rings. The number of amides is 3. The van der Waals surface area contributed by atoms with Crippen LogP contribution in [0.5, 0.6) is 0 Å². The molecule has 1 saturated carbocycles. The maximum absolute atomic E-state index is 12.0. The molecule has 3 amide bonds. The molecule has 1 aromatic rings. The number of benzene rings is 1. The van der Waals surface area contributed by atoms with Gasteiger partial charge in [0.25, 0.3) is 5.91 Å². The molecule has 5 N–H and O–H groups in total. The summed E-state index contributed by atoms with van der Waals surface area (Å²) in [5, 5.41) is 14.6. The third-order valence-corrected chi connectivity index (χ3v) is 3.41. The molecule has 0 unspecified atom stereocenters. The fourth-order valence-corrected chi connectivity index (χ4v) is 2.09. The van der Waals surface area contributed by atoms with E-state index < -0.39 is 11.6 Å². The summed E-state index contributed by atoms with van der Waals surface area (Å²) >= 11 is 0. The highest BCUT2D eigenvalue weighted by atomic mass is 16.3. The molecule has 0 aliphatic heterocycles. The van der Waals surface area contributed by atoms with Gasteiger partial charge in [-0.15, -0.1) is 0 Å². The van der Waals surface area contributed by atoms with Crippen molar-refractivity contribution < 1.29 is 14.7 Å². The van der Waals surface area contributed by atoms with E-state index in [1.54, 1.807) is 24.3 Å². The Kier molecular flexibility index (Phi) is 3.71. The zero-order valence-electron chi connectivity index (χ0n) is 10.5. The van der Waals surface area contributed by atoms with Gasteiger partial charge >= 0.3 is 6.03 Å². The maximum atomic E-state index is 12.0. The molecule has 2 rings (SSSR count). The molecule has 19 heavy (non-hydrogen) atoms. The summed E-state index contributed by atoms with van der Waals surface area (Å²) in [5.41, 5.74) is 5.55. The number of urea groups is 1. The molecule has 1 aliphatic carbocycles. The summed E-state index contributed by atoms with van der Waals surface area (Å²) in [5.74, 6) is -0.223. The number of carbonyl (C=O) groups is 2. The SMILES string of the molecule is NC(=O)Nc1ccc(C(=O)NC2(CO)CCC2)cc1. The number of rotatable bonds is 4. The summed E-state index contributed by atoms with van der Waals surface area (Å²) in [7, 11) is 0. The Morgan fingerprint density at radius 2 is 1.89 bits per heavy atom. The first-order chi connectivity index (χ1) is 9.04. The van der Waals surface area contributed by atoms with E-state index in [1.165, 1.54) is 0 Å². The van der Waals surface area contributed by atoms with E-state index >= 15 is 0 Å². The van der Waals surface area contributed by atoms with E-state index in [4.69, 9.17) is 5.73 Å². The van der Waals surface area contributed by atoms with Gasteiger partial charge in [-0.25, -0.2) is 4.79 Å². The molecular weight excluding hydrogens is 246 g/mol. The van der Waals surface area contributed by atoms with Crippen molar-refractivity contribution in [2.75, 3.05) is 11.9 Å². The Morgan fingerprint density at radius 3 is 2.32 bits per heavy atom. The molecule has 0 heterocycles. The van der Waals surface area contributed by atoms with Crippen LogP contribution in [0.2, 0.25) is 0 Å². The van der Waals surface area contributed by atoms with Gasteiger partial charge in [-0.2, -0.15) is 0 Å². The average molecular weight is 263 g/mol. The fourth-order valence-electron chi connectivity index (χ4n) is 2.09. The minimum Gasteiger partial charge on any atom is -0.394 e. The second-order valence-electron chi connectivity index (χ2n) is 4.81. The minimum atomic E-state index is -0.647. The van der Waals surface area contributed by atoms with Gasteiger partial charge < -0.3 is 21.5 Å². The van der Waals surface area contributed by atoms with Crippen LogP contribution in [0.25, 0.3) is 0 Å². The van der Waals surface area contributed by atoms with Gasteiger partial charge in [-0.3, -0.25) is 4.79 Å². The highest BCUT2D eigenvalue weighted by Gasteiger charge is 2.37. The lowest BCUT2D eigenvalue weighted by atomic mass is 9.77. The molecule has 0 spiro atoms. The standard InChI is InChI=1S/C13H17N3O3/c14-12(19)15-10-4-2-9(3-5-10)11(18)16-13(8-17)6-1-7-13/h2-5,17H,1,6-8H2,(H,16,18)(H3,14,15,19). The normalized spacial score (nSPS) is 16.3. The second-order valence-corrected chi connectivity index (χ2v) is 4.81. The molecule has 0 atom stereocenters. The van der Waals surface area contributed by atoms with Gasteiger partial charge in [0.2, 0.25) is 0 Å². The van der Waals surface area contributed by atoms with Crippen molar-refractivity contribution in [2.24, 2.45) is 5.73 Å². The molecular formula is C13H17N3O3. The number of hydrogen-bond donors (Lipinski definition) is 4. The summed E-state index contributed by atoms with van der Waals surface area (Å²) in [4.78, 5) is 22.7. The van der Waals surface area contributed by atoms with E-state index in [9.17, 15) is 14.7 Å². The van der Waals surface area contributed by atoms with Crippen LogP contribution in [-0.4, -0.2) is 29.2 Å². The van der Waals surface area contributed by atoms with Crippen molar-refractivity contribution in [2.45, 2.75) is 24.8 Å². The van der Waals surface area contributed by atoms with Crippen molar-refractivity contribution >= 4 is 17.6 Å². The third kappa shape index (κ3) is 3.03. The van der Waals surface area contributed by atoms with E-state index in [-0.39, 0.29) is 12.5 Å². The number of primary amides is 1. The van der Waals surface area contributed by atoms with Gasteiger partial charge in [0.05, 0.1) is 12.1 Å². The Hall–Kier alpha value is -2.08. The number of hydrogen-bond acceptors (Lipinski definition) is 3. The Balaban J connectivity index is 2.01. The van der Waals surface area contributed by atoms with Crippen molar-refractivity contribution in [3.63, 3.8) is 0 Å². The molecule has 0 aromatic heterocycles. The largest absolute Gasteiger partial charge is 0.394 e. The zero-order chi connectivity index (χ0) is 13.9. The number of nitrogens with two attached hydrogens (primary N) is 1. The smallest absolute Gasteiger partial charge is 0.316 e. The van der Waals surface area contributed by atoms with Crippen LogP contribution in [0.4, 0.5) is 10.5 Å². The molecule has 102 valence electrons. The van der Waals surface area contributed by atoms with Crippen LogP contribution in [0.1, 0.15) is 29.6 Å². The lowest BCUT2D eigenvalue weighted by molar-refractivity contribution is 0.0641. The predicted molar refractivity (Wildman–Crippen MR) is 70.8 cm³/mol. The Bertz CT molecular complexity index is 475. The molecule has 0 radical (unpaired) electrons. The van der Waals surface area contributed by atoms with Crippen LogP contribution in [0, 0.1) is 0 Å². The summed E-state index contributed by atoms with van der Waals surface area (Å²) in [6.45, 7) is -0.0416. The monoisotopic (exact) mass is 263 g/mol. The summed E-state index contributed by atoms with van der Waals surface area (Å²) in [6, 6.07) is 5.76. The van der Waals surface area contributed by atoms with Crippen molar-refractivity contribution in [1.29, 1.82) is 0 Å². The molecule has 0 bridgehead atoms. The third-order valence-electron chi connectivity index (χ3n) is 3.41. The first kappa shape index (κ1) is 13.4. The Morgan fingerprint density at radius 1 is 1.26 bits per heavy atom. The van der Waals surface area contributed by atoms with Crippen molar-refractivity contribution in [3.8, 4) is 0 Å². The predicted octanol–water partition coefficient (Wildman–Crippen LogP) is 0.822. The molecule has 6 nitrogen and oxygen atoms in total. The highest BCUT2D eigenvalue weighted by molar-refractivity contribution is 5.95. The molecule has 6 heteroatoms. The van der Waals surface area contributed by atoms with Gasteiger partial charge in [0.15, 0.2) is 0 Å². The second kappa shape index (κ2) is 5.27. The minimum absolute atomic E-state index is 0.0416. The average Bonchev–Trinajstić information content (AvgIpc) is 2.34. The molecule has 1 aromatic carbocycles. The summed E-state index contributed by atoms with van der Waals surface area (Å²) in [6.07, 6.45) is 2.62. The number of anilines is 1. The molecule has 1 fully saturated rings. The van der Waals surface area contributed by atoms with E-state index in [1.807, 2.05) is 0 Å². The van der Waals surface area contributed by atoms with E-state index in [0.29, 0.717) is 11.3 Å². The van der Waals surface area contributed by atoms with Crippen LogP contribution >= 0.6 is 0 Å². The van der Waals surface area contributed by atoms with Crippen LogP contribution in [0.3, 0.4) is 0 Å². The van der Waals surface area contributed by atoms with E-state index in [0.717, 1.165) is 19.3 Å². The highest BCUT2D eigenvalue weighted by Crippen LogP contribution is 2.31. The quantitative estimate of drug-likeness (QED) is 0.646. The van der Waals surface area contributed by atoms with Gasteiger partial charge in [-0.1, -0.05) is 0 Å². The number of aliphatic hydroxyl groups excluding tert-OH is 1. The van der Waals surface area contributed by atoms with Crippen LogP contribution in [-0.2, 0) is 0 Å². The first-order valence-corrected chi connectivity index (χ1v) is 6.15. The summed E-state index contributed by atoms with van der Waals surface area (Å²) < 4.78 is 0. The van der Waals surface area contributed by atoms with Crippen molar-refractivity contribution in [3.05, 3.63) is 29.8 Å². The van der Waals surface area contributed by atoms with Gasteiger partial charge in [-0.05, 0) is 43.5 Å². The fraction of sp³-hybridized carbons (Fsp3) is 0.385. The lowest BCUT2D eigenvalue weighted by Crippen LogP contribution is -2.56. The number of carbonyl (C=O) groups excluding carboxylic acids is 2. The van der Waals surface area contributed by atoms with Gasteiger partial charge in [0, 0.05) is 11.3 Å². The van der Waals surface area contributed by atoms with Gasteiger partial charge in [0.1, 0.15) is 0 Å². The molecule has 0 saturated heterocycles. The Labute approximate surface area is 111 Å². The number of nitrogens with one attached hydrogen (secondary N) is 2. The van der Waals surface area contributed by atoms with E-state index in [2.05, 4.69) is 10.6 Å². The van der Waals surface area contributed by atoms with Crippen molar-refractivity contribution in [1.82, 2.24) is 5.32 Å². The van der Waals surface area contributed by atoms with Crippen LogP contribution in [0.15, 0.2) is 24.3 Å².